The molecule has 3 rings (SSSR count). The molecule has 0 aliphatic heterocycles. The van der Waals surface area contributed by atoms with E-state index in [9.17, 15) is 9.18 Å². The monoisotopic (exact) mass is 295 g/mol. The Morgan fingerprint density at radius 3 is 2.82 bits per heavy atom. The van der Waals surface area contributed by atoms with E-state index in [-0.39, 0.29) is 11.1 Å². The third-order valence-electron chi connectivity index (χ3n) is 3.40. The number of anilines is 2. The van der Waals surface area contributed by atoms with Gasteiger partial charge in [-0.05, 0) is 42.8 Å². The van der Waals surface area contributed by atoms with Crippen molar-refractivity contribution in [1.29, 1.82) is 0 Å². The Bertz CT molecular complexity index is 877. The molecule has 1 heterocycles. The number of hydrogen-bond acceptors (Lipinski definition) is 3. The molecule has 2 aromatic carbocycles. The van der Waals surface area contributed by atoms with Gasteiger partial charge in [-0.15, -0.1) is 0 Å². The fourth-order valence-corrected chi connectivity index (χ4v) is 2.37. The minimum Gasteiger partial charge on any atom is -0.398 e. The Morgan fingerprint density at radius 1 is 1.23 bits per heavy atom. The van der Waals surface area contributed by atoms with Crippen LogP contribution in [-0.4, -0.2) is 10.9 Å². The third-order valence-corrected chi connectivity index (χ3v) is 3.40. The van der Waals surface area contributed by atoms with Crippen molar-refractivity contribution in [3.8, 4) is 0 Å². The summed E-state index contributed by atoms with van der Waals surface area (Å²) in [6.07, 6.45) is 1.45. The molecule has 0 aliphatic rings. The van der Waals surface area contributed by atoms with E-state index in [2.05, 4.69) is 10.3 Å². The summed E-state index contributed by atoms with van der Waals surface area (Å²) in [6, 6.07) is 11.7. The number of benzene rings is 2. The Balaban J connectivity index is 2.06. The van der Waals surface area contributed by atoms with Crippen LogP contribution >= 0.6 is 0 Å². The average Bonchev–Trinajstić information content (AvgIpc) is 2.50. The van der Waals surface area contributed by atoms with Gasteiger partial charge in [-0.1, -0.05) is 12.1 Å². The van der Waals surface area contributed by atoms with Crippen molar-refractivity contribution in [3.63, 3.8) is 0 Å². The highest BCUT2D eigenvalue weighted by molar-refractivity contribution is 6.13. The second kappa shape index (κ2) is 5.44. The van der Waals surface area contributed by atoms with Gasteiger partial charge in [0.25, 0.3) is 5.91 Å². The molecule has 5 heteroatoms. The molecule has 0 unspecified atom stereocenters. The predicted octanol–water partition coefficient (Wildman–Crippen LogP) is 3.52. The molecule has 0 fully saturated rings. The van der Waals surface area contributed by atoms with Gasteiger partial charge in [-0.2, -0.15) is 0 Å². The number of pyridine rings is 1. The molecule has 3 aromatic rings. The van der Waals surface area contributed by atoms with Crippen LogP contribution in [-0.2, 0) is 0 Å². The molecular weight excluding hydrogens is 281 g/mol. The van der Waals surface area contributed by atoms with Crippen LogP contribution in [0.3, 0.4) is 0 Å². The number of nitrogens with one attached hydrogen (secondary N) is 1. The second-order valence-corrected chi connectivity index (χ2v) is 5.04. The number of amides is 1. The Morgan fingerprint density at radius 2 is 2.05 bits per heavy atom. The summed E-state index contributed by atoms with van der Waals surface area (Å²) in [5.41, 5.74) is 7.91. The van der Waals surface area contributed by atoms with Gasteiger partial charge in [-0.25, -0.2) is 4.39 Å². The summed E-state index contributed by atoms with van der Waals surface area (Å²) in [5.74, 6) is -0.993. The first-order valence-corrected chi connectivity index (χ1v) is 6.77. The number of nitrogens with two attached hydrogens (primary N) is 1. The second-order valence-electron chi connectivity index (χ2n) is 5.04. The van der Waals surface area contributed by atoms with Crippen LogP contribution in [0.15, 0.2) is 48.7 Å². The maximum Gasteiger partial charge on any atom is 0.275 e. The van der Waals surface area contributed by atoms with Crippen molar-refractivity contribution in [1.82, 2.24) is 4.98 Å². The Kier molecular flexibility index (Phi) is 3.47. The number of rotatable bonds is 2. The molecule has 4 nitrogen and oxygen atoms in total. The minimum absolute atomic E-state index is 0.0174. The van der Waals surface area contributed by atoms with Crippen LogP contribution in [0.1, 0.15) is 16.1 Å². The summed E-state index contributed by atoms with van der Waals surface area (Å²) in [6.45, 7) is 1.92. The number of carbonyl (C=O) groups excluding carboxylic acids is 1. The van der Waals surface area contributed by atoms with Crippen molar-refractivity contribution in [3.05, 3.63) is 65.7 Å². The molecule has 0 atom stereocenters. The zero-order valence-corrected chi connectivity index (χ0v) is 11.9. The molecule has 0 saturated carbocycles. The summed E-state index contributed by atoms with van der Waals surface area (Å²) < 4.78 is 14.1. The van der Waals surface area contributed by atoms with Crippen molar-refractivity contribution in [2.75, 3.05) is 11.1 Å². The van der Waals surface area contributed by atoms with E-state index in [0.717, 1.165) is 5.56 Å². The zero-order chi connectivity index (χ0) is 15.7. The van der Waals surface area contributed by atoms with Gasteiger partial charge in [0.15, 0.2) is 0 Å². The van der Waals surface area contributed by atoms with E-state index < -0.39 is 11.7 Å². The van der Waals surface area contributed by atoms with Crippen molar-refractivity contribution >= 4 is 28.1 Å². The molecule has 22 heavy (non-hydrogen) atoms. The number of fused-ring (bicyclic) bond motifs is 1. The molecule has 0 bridgehead atoms. The molecule has 1 aromatic heterocycles. The fraction of sp³-hybridized carbons (Fsp3) is 0.0588. The van der Waals surface area contributed by atoms with E-state index in [1.807, 2.05) is 25.1 Å². The number of aromatic nitrogens is 1. The largest absolute Gasteiger partial charge is 0.398 e. The highest BCUT2D eigenvalue weighted by Crippen LogP contribution is 2.26. The maximum absolute atomic E-state index is 14.1. The van der Waals surface area contributed by atoms with Gasteiger partial charge >= 0.3 is 0 Å². The number of nitrogens with zero attached hydrogens (tertiary/aromatic N) is 1. The van der Waals surface area contributed by atoms with Crippen molar-refractivity contribution < 1.29 is 9.18 Å². The quantitative estimate of drug-likeness (QED) is 0.711. The van der Waals surface area contributed by atoms with E-state index in [4.69, 9.17) is 5.73 Å². The zero-order valence-electron chi connectivity index (χ0n) is 11.9. The average molecular weight is 295 g/mol. The molecule has 110 valence electrons. The van der Waals surface area contributed by atoms with Gasteiger partial charge in [0.05, 0.1) is 5.39 Å². The number of hydrogen-bond donors (Lipinski definition) is 2. The number of halogens is 1. The van der Waals surface area contributed by atoms with Crippen LogP contribution in [0.2, 0.25) is 0 Å². The topological polar surface area (TPSA) is 68.0 Å². The standard InChI is InChI=1S/C17H14FN3O/c1-10-3-2-4-11(9-10)21-17(22)16-15-12(7-8-20-16)14(19)6-5-13(15)18/h2-9H,19H2,1H3,(H,21,22). The lowest BCUT2D eigenvalue weighted by atomic mass is 10.1. The first kappa shape index (κ1) is 14.0. The van der Waals surface area contributed by atoms with Crippen LogP contribution in [0, 0.1) is 12.7 Å². The van der Waals surface area contributed by atoms with Gasteiger partial charge in [0.2, 0.25) is 0 Å². The summed E-state index contributed by atoms with van der Waals surface area (Å²) in [5, 5.41) is 3.34. The summed E-state index contributed by atoms with van der Waals surface area (Å²) >= 11 is 0. The lowest BCUT2D eigenvalue weighted by molar-refractivity contribution is 0.102. The van der Waals surface area contributed by atoms with E-state index in [1.54, 1.807) is 12.1 Å². The molecule has 0 spiro atoms. The Hall–Kier alpha value is -2.95. The van der Waals surface area contributed by atoms with Gasteiger partial charge in [-0.3, -0.25) is 9.78 Å². The fourth-order valence-electron chi connectivity index (χ4n) is 2.37. The van der Waals surface area contributed by atoms with Crippen LogP contribution < -0.4 is 11.1 Å². The molecular formula is C17H14FN3O. The van der Waals surface area contributed by atoms with Crippen LogP contribution in [0.25, 0.3) is 10.8 Å². The lowest BCUT2D eigenvalue weighted by Crippen LogP contribution is -2.15. The van der Waals surface area contributed by atoms with E-state index >= 15 is 0 Å². The molecule has 0 radical (unpaired) electrons. The highest BCUT2D eigenvalue weighted by Gasteiger charge is 2.16. The minimum atomic E-state index is -0.522. The maximum atomic E-state index is 14.1. The summed E-state index contributed by atoms with van der Waals surface area (Å²) in [7, 11) is 0. The number of nitrogen functional groups attached to an aromatic ring is 1. The van der Waals surface area contributed by atoms with Crippen molar-refractivity contribution in [2.24, 2.45) is 0 Å². The Labute approximate surface area is 126 Å². The SMILES string of the molecule is Cc1cccc(NC(=O)c2nccc3c(N)ccc(F)c23)c1. The van der Waals surface area contributed by atoms with Gasteiger partial charge in [0.1, 0.15) is 11.5 Å². The normalized spacial score (nSPS) is 10.6. The van der Waals surface area contributed by atoms with Gasteiger partial charge in [0, 0.05) is 23.0 Å². The summed E-state index contributed by atoms with van der Waals surface area (Å²) in [4.78, 5) is 16.4. The van der Waals surface area contributed by atoms with Crippen molar-refractivity contribution in [2.45, 2.75) is 6.92 Å². The first-order valence-electron chi connectivity index (χ1n) is 6.77. The van der Waals surface area contributed by atoms with Crippen LogP contribution in [0.4, 0.5) is 15.8 Å². The van der Waals surface area contributed by atoms with E-state index in [0.29, 0.717) is 16.8 Å². The number of carbonyl (C=O) groups is 1. The molecule has 3 N–H and O–H groups in total. The smallest absolute Gasteiger partial charge is 0.275 e. The van der Waals surface area contributed by atoms with Crippen LogP contribution in [0.5, 0.6) is 0 Å². The molecule has 0 aliphatic carbocycles. The molecule has 0 saturated heterocycles. The van der Waals surface area contributed by atoms with Gasteiger partial charge < -0.3 is 11.1 Å². The van der Waals surface area contributed by atoms with E-state index in [1.165, 1.54) is 18.3 Å². The third kappa shape index (κ3) is 2.48. The molecule has 1 amide bonds. The predicted molar refractivity (Wildman–Crippen MR) is 85.2 cm³/mol. The number of aryl methyl sites for hydroxylation is 1. The highest BCUT2D eigenvalue weighted by atomic mass is 19.1. The first-order chi connectivity index (χ1) is 10.6. The lowest BCUT2D eigenvalue weighted by Gasteiger charge is -2.09.